The number of aromatic carboxylic acids is 1. The van der Waals surface area contributed by atoms with Crippen molar-refractivity contribution in [3.8, 4) is 0 Å². The lowest BCUT2D eigenvalue weighted by atomic mass is 10.1. The van der Waals surface area contributed by atoms with Gasteiger partial charge in [-0.2, -0.15) is 11.8 Å². The monoisotopic (exact) mass is 349 g/mol. The first-order valence-corrected chi connectivity index (χ1v) is 8.92. The predicted molar refractivity (Wildman–Crippen MR) is 92.6 cm³/mol. The third kappa shape index (κ3) is 2.50. The van der Waals surface area contributed by atoms with Gasteiger partial charge < -0.3 is 15.0 Å². The summed E-state index contributed by atoms with van der Waals surface area (Å²) in [6, 6.07) is 2.85. The number of hydrogen-bond donors (Lipinski definition) is 1. The average molecular weight is 349 g/mol. The number of pyridine rings is 1. The van der Waals surface area contributed by atoms with Gasteiger partial charge in [0.1, 0.15) is 11.4 Å². The van der Waals surface area contributed by atoms with E-state index in [1.807, 2.05) is 21.7 Å². The summed E-state index contributed by atoms with van der Waals surface area (Å²) in [7, 11) is 0. The highest BCUT2D eigenvalue weighted by atomic mass is 32.2. The highest BCUT2D eigenvalue weighted by molar-refractivity contribution is 7.99. The van der Waals surface area contributed by atoms with Gasteiger partial charge in [-0.05, 0) is 12.1 Å². The zero-order valence-corrected chi connectivity index (χ0v) is 13.7. The van der Waals surface area contributed by atoms with Crippen LogP contribution in [0.25, 0.3) is 10.9 Å². The first-order chi connectivity index (χ1) is 11.6. The molecule has 0 spiro atoms. The number of halogens is 1. The number of benzene rings is 1. The van der Waals surface area contributed by atoms with E-state index in [4.69, 9.17) is 0 Å². The topological polar surface area (TPSA) is 65.5 Å². The Morgan fingerprint density at radius 2 is 1.88 bits per heavy atom. The van der Waals surface area contributed by atoms with Gasteiger partial charge in [-0.3, -0.25) is 9.47 Å². The van der Waals surface area contributed by atoms with Gasteiger partial charge in [-0.1, -0.05) is 0 Å². The number of rotatable bonds is 3. The van der Waals surface area contributed by atoms with Crippen LogP contribution < -0.4 is 15.3 Å². The lowest BCUT2D eigenvalue weighted by Crippen LogP contribution is -2.33. The Morgan fingerprint density at radius 1 is 1.17 bits per heavy atom. The molecule has 6 nitrogen and oxygen atoms in total. The number of fused-ring (bicyclic) bond motifs is 1. The Kier molecular flexibility index (Phi) is 3.64. The van der Waals surface area contributed by atoms with E-state index >= 15 is 0 Å². The van der Waals surface area contributed by atoms with Gasteiger partial charge >= 0.3 is 5.97 Å². The minimum absolute atomic E-state index is 0.106. The summed E-state index contributed by atoms with van der Waals surface area (Å²) in [6.45, 7) is 3.08. The van der Waals surface area contributed by atoms with Gasteiger partial charge in [0.25, 0.3) is 0 Å². The molecule has 2 aliphatic rings. The van der Waals surface area contributed by atoms with Crippen molar-refractivity contribution in [2.45, 2.75) is 0 Å². The van der Waals surface area contributed by atoms with Crippen molar-refractivity contribution in [2.75, 3.05) is 47.6 Å². The number of hydrogen-bond acceptors (Lipinski definition) is 5. The van der Waals surface area contributed by atoms with Gasteiger partial charge in [0, 0.05) is 30.8 Å². The summed E-state index contributed by atoms with van der Waals surface area (Å²) in [6.07, 6.45) is 1.34. The molecule has 2 aromatic rings. The van der Waals surface area contributed by atoms with Crippen molar-refractivity contribution >= 4 is 34.3 Å². The van der Waals surface area contributed by atoms with E-state index in [2.05, 4.69) is 0 Å². The number of nitrogens with zero attached hydrogens (tertiary/aromatic N) is 3. The Hall–Kier alpha value is -2.22. The lowest BCUT2D eigenvalue weighted by molar-refractivity contribution is 0.0695. The second kappa shape index (κ2) is 5.70. The molecule has 126 valence electrons. The molecule has 3 heterocycles. The molecule has 0 unspecified atom stereocenters. The van der Waals surface area contributed by atoms with Gasteiger partial charge in [0.2, 0.25) is 5.43 Å². The molecule has 2 fully saturated rings. The van der Waals surface area contributed by atoms with Crippen LogP contribution in [0.4, 0.5) is 10.1 Å². The zero-order valence-electron chi connectivity index (χ0n) is 12.9. The minimum Gasteiger partial charge on any atom is -0.477 e. The van der Waals surface area contributed by atoms with Crippen LogP contribution >= 0.6 is 11.8 Å². The van der Waals surface area contributed by atoms with E-state index in [0.717, 1.165) is 37.7 Å². The predicted octanol–water partition coefficient (Wildman–Crippen LogP) is 1.34. The van der Waals surface area contributed by atoms with Crippen molar-refractivity contribution in [1.82, 2.24) is 4.68 Å². The van der Waals surface area contributed by atoms with Crippen molar-refractivity contribution < 1.29 is 14.3 Å². The summed E-state index contributed by atoms with van der Waals surface area (Å²) in [5.41, 5.74) is 0.0455. The van der Waals surface area contributed by atoms with Gasteiger partial charge in [0.15, 0.2) is 0 Å². The maximum absolute atomic E-state index is 14.6. The fraction of sp³-hybridized carbons (Fsp3) is 0.375. The summed E-state index contributed by atoms with van der Waals surface area (Å²) >= 11 is 1.84. The standard InChI is InChI=1S/C16H16FN3O3S/c17-12-7-10-13(8-14(12)18-3-5-24-6-4-18)20(19-1-2-19)9-11(15(10)21)16(22)23/h7-9H,1-6H2,(H,22,23). The van der Waals surface area contributed by atoms with Crippen LogP contribution in [0, 0.1) is 5.82 Å². The third-order valence-electron chi connectivity index (χ3n) is 4.36. The first kappa shape index (κ1) is 15.3. The van der Waals surface area contributed by atoms with Gasteiger partial charge in [0.05, 0.1) is 29.7 Å². The summed E-state index contributed by atoms with van der Waals surface area (Å²) in [5, 5.41) is 11.3. The van der Waals surface area contributed by atoms with E-state index in [9.17, 15) is 19.1 Å². The fourth-order valence-electron chi connectivity index (χ4n) is 3.01. The third-order valence-corrected chi connectivity index (χ3v) is 5.31. The normalized spacial score (nSPS) is 17.4. The lowest BCUT2D eigenvalue weighted by Gasteiger charge is -2.29. The summed E-state index contributed by atoms with van der Waals surface area (Å²) < 4.78 is 16.3. The maximum Gasteiger partial charge on any atom is 0.341 e. The average Bonchev–Trinajstić information content (AvgIpc) is 3.40. The van der Waals surface area contributed by atoms with E-state index in [-0.39, 0.29) is 10.9 Å². The molecule has 4 rings (SSSR count). The van der Waals surface area contributed by atoms with E-state index in [0.29, 0.717) is 11.2 Å². The summed E-state index contributed by atoms with van der Waals surface area (Å²) in [4.78, 5) is 25.7. The van der Waals surface area contributed by atoms with Gasteiger partial charge in [-0.15, -0.1) is 0 Å². The van der Waals surface area contributed by atoms with Crippen LogP contribution in [0.1, 0.15) is 10.4 Å². The number of carbonyl (C=O) groups is 1. The molecule has 8 heteroatoms. The number of carboxylic acids is 1. The molecule has 1 aromatic heterocycles. The molecule has 2 saturated heterocycles. The Balaban J connectivity index is 1.95. The molecule has 0 atom stereocenters. The molecule has 0 radical (unpaired) electrons. The molecule has 0 bridgehead atoms. The fourth-order valence-corrected chi connectivity index (χ4v) is 3.91. The van der Waals surface area contributed by atoms with Gasteiger partial charge in [-0.25, -0.2) is 9.18 Å². The van der Waals surface area contributed by atoms with Crippen LogP contribution in [0.5, 0.6) is 0 Å². The number of carboxylic acid groups (broad SMARTS) is 1. The summed E-state index contributed by atoms with van der Waals surface area (Å²) in [5.74, 6) is 0.101. The van der Waals surface area contributed by atoms with E-state index in [1.54, 1.807) is 10.7 Å². The number of anilines is 1. The first-order valence-electron chi connectivity index (χ1n) is 7.76. The largest absolute Gasteiger partial charge is 0.477 e. The van der Waals surface area contributed by atoms with E-state index < -0.39 is 17.2 Å². The van der Waals surface area contributed by atoms with E-state index in [1.165, 1.54) is 12.3 Å². The van der Waals surface area contributed by atoms with Crippen LogP contribution in [0.2, 0.25) is 0 Å². The minimum atomic E-state index is -1.30. The SMILES string of the molecule is O=C(O)c1cn(N2CC2)c2cc(N3CCSCC3)c(F)cc2c1=O. The molecule has 0 aliphatic carbocycles. The Morgan fingerprint density at radius 3 is 2.50 bits per heavy atom. The van der Waals surface area contributed by atoms with Crippen LogP contribution in [0.3, 0.4) is 0 Å². The quantitative estimate of drug-likeness (QED) is 0.844. The second-order valence-corrected chi connectivity index (χ2v) is 7.12. The van der Waals surface area contributed by atoms with Crippen LogP contribution in [-0.2, 0) is 0 Å². The zero-order chi connectivity index (χ0) is 16.8. The molecule has 0 amide bonds. The maximum atomic E-state index is 14.6. The molecule has 24 heavy (non-hydrogen) atoms. The molecular formula is C16H16FN3O3S. The van der Waals surface area contributed by atoms with Crippen molar-refractivity contribution in [3.05, 3.63) is 39.9 Å². The molecule has 0 saturated carbocycles. The molecule has 1 N–H and O–H groups in total. The highest BCUT2D eigenvalue weighted by Gasteiger charge is 2.25. The smallest absolute Gasteiger partial charge is 0.341 e. The highest BCUT2D eigenvalue weighted by Crippen LogP contribution is 2.28. The molecule has 2 aliphatic heterocycles. The number of thioether (sulfide) groups is 1. The van der Waals surface area contributed by atoms with Crippen LogP contribution in [-0.4, -0.2) is 53.4 Å². The second-order valence-electron chi connectivity index (χ2n) is 5.90. The van der Waals surface area contributed by atoms with Crippen molar-refractivity contribution in [2.24, 2.45) is 0 Å². The molecule has 1 aromatic carbocycles. The van der Waals surface area contributed by atoms with Crippen molar-refractivity contribution in [1.29, 1.82) is 0 Å². The Bertz CT molecular complexity index is 888. The Labute approximate surface area is 141 Å². The number of aromatic nitrogens is 1. The van der Waals surface area contributed by atoms with Crippen molar-refractivity contribution in [3.63, 3.8) is 0 Å². The molecular weight excluding hydrogens is 333 g/mol. The van der Waals surface area contributed by atoms with Crippen LogP contribution in [0.15, 0.2) is 23.1 Å².